The number of piperazine rings is 1. The van der Waals surface area contributed by atoms with Crippen molar-refractivity contribution in [3.05, 3.63) is 88.4 Å². The minimum absolute atomic E-state index is 0.0258. The maximum absolute atomic E-state index is 14.3. The molecule has 1 aliphatic rings. The minimum atomic E-state index is -9.92. The largest absolute Gasteiger partial charge is 0.504 e. The van der Waals surface area contributed by atoms with Gasteiger partial charge in [0.2, 0.25) is 11.7 Å². The number of aryl methyl sites for hydroxylation is 1. The molecule has 0 unspecified atom stereocenters. The summed E-state index contributed by atoms with van der Waals surface area (Å²) in [5, 5.41) is 18.3. The molecule has 6 aromatic rings. The number of benzene rings is 2. The summed E-state index contributed by atoms with van der Waals surface area (Å²) in [6, 6.07) is 11.4. The fourth-order valence-corrected chi connectivity index (χ4v) is 7.81. The lowest BCUT2D eigenvalue weighted by Crippen LogP contribution is -2.51. The third-order valence-corrected chi connectivity index (χ3v) is 11.1. The molecule has 278 valence electrons. The van der Waals surface area contributed by atoms with Gasteiger partial charge in [0, 0.05) is 36.6 Å². The van der Waals surface area contributed by atoms with E-state index < -0.39 is 39.0 Å². The van der Waals surface area contributed by atoms with Crippen molar-refractivity contribution in [2.45, 2.75) is 31.7 Å². The summed E-state index contributed by atoms with van der Waals surface area (Å²) in [5.41, 5.74) is 0.0190. The minimum Gasteiger partial charge on any atom is -0.504 e. The van der Waals surface area contributed by atoms with Crippen LogP contribution in [0.2, 0.25) is 0 Å². The predicted molar refractivity (Wildman–Crippen MR) is 190 cm³/mol. The fourth-order valence-electron chi connectivity index (χ4n) is 6.17. The Morgan fingerprint density at radius 1 is 0.981 bits per heavy atom. The van der Waals surface area contributed by atoms with E-state index >= 15 is 0 Å². The van der Waals surface area contributed by atoms with Crippen molar-refractivity contribution in [1.82, 2.24) is 34.0 Å². The Morgan fingerprint density at radius 3 is 2.34 bits per heavy atom. The molecule has 53 heavy (non-hydrogen) atoms. The Morgan fingerprint density at radius 2 is 1.68 bits per heavy atom. The van der Waals surface area contributed by atoms with E-state index in [1.807, 2.05) is 30.3 Å². The van der Waals surface area contributed by atoms with Crippen LogP contribution >= 0.6 is 21.6 Å². The molecule has 4 aromatic heterocycles. The van der Waals surface area contributed by atoms with Gasteiger partial charge in [0.25, 0.3) is 11.5 Å². The number of anilines is 2. The lowest BCUT2D eigenvalue weighted by atomic mass is 10.2. The molecule has 7 rings (SSSR count). The third-order valence-electron chi connectivity index (χ3n) is 8.78. The SMILES string of the molecule is CCc1c(N2CCN(C(=O)c3ncnc(C)c3O)CC2)c(=O)n2nc(-c3cc4ccccc4s3)nc2n1CC(=O)Nc1ccc(S(F)(F)(F)(F)F)cc1. The molecule has 1 aliphatic heterocycles. The molecular formula is C33H30F5N9O4S2. The molecule has 0 aliphatic carbocycles. The van der Waals surface area contributed by atoms with Gasteiger partial charge in [0.05, 0.1) is 16.3 Å². The van der Waals surface area contributed by atoms with Gasteiger partial charge in [-0.05, 0) is 55.1 Å². The number of carbonyl (C=O) groups is 2. The third kappa shape index (κ3) is 6.86. The van der Waals surface area contributed by atoms with Crippen LogP contribution in [-0.2, 0) is 17.8 Å². The highest BCUT2D eigenvalue weighted by molar-refractivity contribution is 8.45. The van der Waals surface area contributed by atoms with Gasteiger partial charge in [-0.15, -0.1) is 16.4 Å². The molecule has 2 aromatic carbocycles. The van der Waals surface area contributed by atoms with Crippen molar-refractivity contribution in [3.8, 4) is 16.5 Å². The van der Waals surface area contributed by atoms with Gasteiger partial charge in [-0.3, -0.25) is 14.4 Å². The zero-order valence-electron chi connectivity index (χ0n) is 28.0. The van der Waals surface area contributed by atoms with Crippen LogP contribution in [0.25, 0.3) is 26.6 Å². The van der Waals surface area contributed by atoms with E-state index in [0.717, 1.165) is 26.7 Å². The Kier molecular flexibility index (Phi) is 8.25. The first-order chi connectivity index (χ1) is 24.9. The van der Waals surface area contributed by atoms with Gasteiger partial charge >= 0.3 is 10.2 Å². The van der Waals surface area contributed by atoms with E-state index in [1.54, 1.807) is 18.7 Å². The van der Waals surface area contributed by atoms with E-state index in [0.29, 0.717) is 10.6 Å². The van der Waals surface area contributed by atoms with E-state index in [4.69, 9.17) is 0 Å². The number of fused-ring (bicyclic) bond motifs is 2. The smallest absolute Gasteiger partial charge is 0.310 e. The van der Waals surface area contributed by atoms with Gasteiger partial charge in [-0.2, -0.15) is 9.50 Å². The maximum Gasteiger partial charge on any atom is 0.310 e. The summed E-state index contributed by atoms with van der Waals surface area (Å²) in [5.74, 6) is -1.32. The number of aromatic nitrogens is 6. The normalized spacial score (nSPS) is 15.1. The van der Waals surface area contributed by atoms with Crippen molar-refractivity contribution in [2.75, 3.05) is 36.4 Å². The lowest BCUT2D eigenvalue weighted by Gasteiger charge is -2.40. The average Bonchev–Trinajstić information content (AvgIpc) is 3.75. The first kappa shape index (κ1) is 35.8. The molecule has 0 radical (unpaired) electrons. The quantitative estimate of drug-likeness (QED) is 0.168. The molecule has 13 nitrogen and oxygen atoms in total. The second-order valence-corrected chi connectivity index (χ2v) is 15.8. The Balaban J connectivity index is 1.25. The van der Waals surface area contributed by atoms with Crippen LogP contribution in [0.1, 0.15) is 28.8 Å². The van der Waals surface area contributed by atoms with Crippen LogP contribution in [0.15, 0.2) is 70.6 Å². The number of nitrogens with zero attached hydrogens (tertiary/aromatic N) is 8. The zero-order chi connectivity index (χ0) is 37.9. The second-order valence-electron chi connectivity index (χ2n) is 12.3. The van der Waals surface area contributed by atoms with Gasteiger partial charge < -0.3 is 24.8 Å². The standard InChI is InChI=1S/C33H30F5N9O4S2/c1-3-23-28(44-12-14-45(15-13-44)31(50)27-29(49)19(2)39-18-40-27)32(51)47-33(42-30(43-47)25-16-20-6-4-5-7-24(20)52-25)46(23)17-26(48)41-21-8-10-22(11-9-21)53(34,35,36,37)38/h4-11,16,18,49H,3,12-15,17H2,1-2H3,(H,41,48). The van der Waals surface area contributed by atoms with Crippen LogP contribution in [0, 0.1) is 6.92 Å². The lowest BCUT2D eigenvalue weighted by molar-refractivity contribution is -0.116. The summed E-state index contributed by atoms with van der Waals surface area (Å²) in [7, 11) is -9.92. The van der Waals surface area contributed by atoms with Gasteiger partial charge in [0.15, 0.2) is 17.3 Å². The summed E-state index contributed by atoms with van der Waals surface area (Å²) in [6.07, 6.45) is 1.41. The highest BCUT2D eigenvalue weighted by atomic mass is 32.5. The van der Waals surface area contributed by atoms with Crippen molar-refractivity contribution < 1.29 is 34.1 Å². The number of rotatable bonds is 8. The number of carbonyl (C=O) groups excluding carboxylic acids is 2. The number of nitrogens with one attached hydrogen (secondary N) is 1. The number of hydrogen-bond acceptors (Lipinski definition) is 10. The van der Waals surface area contributed by atoms with Crippen LogP contribution in [-0.4, -0.2) is 77.1 Å². The number of thiophene rings is 1. The van der Waals surface area contributed by atoms with Crippen LogP contribution in [0.3, 0.4) is 0 Å². The summed E-state index contributed by atoms with van der Waals surface area (Å²) < 4.78 is 69.9. The Bertz CT molecular complexity index is 2460. The summed E-state index contributed by atoms with van der Waals surface area (Å²) in [6.45, 7) is 3.52. The number of hydrogen-bond donors (Lipinski definition) is 2. The molecule has 1 fully saturated rings. The predicted octanol–water partition coefficient (Wildman–Crippen LogP) is 6.40. The molecule has 5 heterocycles. The van der Waals surface area contributed by atoms with Crippen molar-refractivity contribution in [3.63, 3.8) is 0 Å². The highest BCUT2D eigenvalue weighted by Crippen LogP contribution is 3.02. The molecule has 0 atom stereocenters. The number of halogens is 5. The van der Waals surface area contributed by atoms with Gasteiger partial charge in [-0.25, -0.2) is 9.97 Å². The van der Waals surface area contributed by atoms with Gasteiger partial charge in [0.1, 0.15) is 23.5 Å². The molecule has 0 saturated carbocycles. The molecule has 1 saturated heterocycles. The topological polar surface area (TPSA) is 151 Å². The molecule has 2 N–H and O–H groups in total. The van der Waals surface area contributed by atoms with Gasteiger partial charge in [-0.1, -0.05) is 44.6 Å². The second kappa shape index (κ2) is 12.2. The van der Waals surface area contributed by atoms with Crippen LogP contribution in [0.5, 0.6) is 5.75 Å². The molecule has 2 amide bonds. The van der Waals surface area contributed by atoms with E-state index in [9.17, 15) is 38.9 Å². The number of amides is 2. The first-order valence-electron chi connectivity index (χ1n) is 16.1. The Hall–Kier alpha value is -5.63. The molecule has 20 heteroatoms. The average molecular weight is 776 g/mol. The molecule has 0 bridgehead atoms. The zero-order valence-corrected chi connectivity index (χ0v) is 29.6. The van der Waals surface area contributed by atoms with E-state index in [2.05, 4.69) is 25.4 Å². The first-order valence-corrected chi connectivity index (χ1v) is 18.9. The fraction of sp³-hybridized carbons (Fsp3) is 0.242. The number of aromatic hydroxyl groups is 1. The molecular weight excluding hydrogens is 746 g/mol. The van der Waals surface area contributed by atoms with E-state index in [1.165, 1.54) is 27.1 Å². The van der Waals surface area contributed by atoms with Crippen molar-refractivity contribution in [2.24, 2.45) is 0 Å². The van der Waals surface area contributed by atoms with E-state index in [-0.39, 0.29) is 84.8 Å². The summed E-state index contributed by atoms with van der Waals surface area (Å²) >= 11 is 1.41. The molecule has 0 spiro atoms. The highest BCUT2D eigenvalue weighted by Gasteiger charge is 2.65. The maximum atomic E-state index is 14.3. The van der Waals surface area contributed by atoms with Crippen LogP contribution < -0.4 is 15.8 Å². The summed E-state index contributed by atoms with van der Waals surface area (Å²) in [4.78, 5) is 55.3. The van der Waals surface area contributed by atoms with Crippen molar-refractivity contribution >= 4 is 60.6 Å². The van der Waals surface area contributed by atoms with Crippen molar-refractivity contribution in [1.29, 1.82) is 0 Å². The van der Waals surface area contributed by atoms with Crippen LogP contribution in [0.4, 0.5) is 30.8 Å². The monoisotopic (exact) mass is 775 g/mol. The Labute approximate surface area is 301 Å².